The Bertz CT molecular complexity index is 512. The first kappa shape index (κ1) is 11.1. The molecule has 0 radical (unpaired) electrons. The monoisotopic (exact) mass is 244 g/mol. The maximum absolute atomic E-state index is 12.1. The smallest absolute Gasteiger partial charge is 0.234 e. The Hall–Kier alpha value is -2.04. The molecule has 2 saturated heterocycles. The topological polar surface area (TPSA) is 78.3 Å². The first-order valence-corrected chi connectivity index (χ1v) is 5.84. The van der Waals surface area contributed by atoms with Crippen LogP contribution in [0, 0.1) is 0 Å². The lowest BCUT2D eigenvalue weighted by molar-refractivity contribution is -0.135. The molecule has 92 valence electrons. The van der Waals surface area contributed by atoms with Gasteiger partial charge in [-0.3, -0.25) is 4.79 Å². The van der Waals surface area contributed by atoms with Crippen LogP contribution < -0.4 is 0 Å². The van der Waals surface area contributed by atoms with Crippen molar-refractivity contribution in [2.75, 3.05) is 6.61 Å². The molecular formula is C12H12N4O2. The summed E-state index contributed by atoms with van der Waals surface area (Å²) in [5, 5.41) is 3.55. The van der Waals surface area contributed by atoms with E-state index in [2.05, 4.69) is 10.0 Å². The average Bonchev–Trinajstić information content (AvgIpc) is 2.93. The van der Waals surface area contributed by atoms with Crippen LogP contribution in [-0.4, -0.2) is 29.5 Å². The lowest BCUT2D eigenvalue weighted by atomic mass is 10.2. The molecule has 6 heteroatoms. The summed E-state index contributed by atoms with van der Waals surface area (Å²) >= 11 is 0. The van der Waals surface area contributed by atoms with Crippen LogP contribution in [0.5, 0.6) is 0 Å². The molecule has 2 aliphatic rings. The van der Waals surface area contributed by atoms with Crippen LogP contribution in [0.1, 0.15) is 18.2 Å². The SMILES string of the molecule is [N-]=[N+]=N[C@@H]1C[C@H]2CO[C@H](c3ccccc3)N2C1=O. The predicted molar refractivity (Wildman–Crippen MR) is 63.3 cm³/mol. The summed E-state index contributed by atoms with van der Waals surface area (Å²) in [4.78, 5) is 16.6. The number of hydrogen-bond acceptors (Lipinski definition) is 3. The fourth-order valence-electron chi connectivity index (χ4n) is 2.60. The van der Waals surface area contributed by atoms with Crippen LogP contribution in [-0.2, 0) is 9.53 Å². The number of carbonyl (C=O) groups is 1. The molecule has 0 N–H and O–H groups in total. The van der Waals surface area contributed by atoms with Gasteiger partial charge in [-0.25, -0.2) is 0 Å². The Morgan fingerprint density at radius 3 is 2.89 bits per heavy atom. The van der Waals surface area contributed by atoms with Crippen molar-refractivity contribution in [1.29, 1.82) is 0 Å². The molecule has 1 aromatic rings. The molecule has 2 fully saturated rings. The van der Waals surface area contributed by atoms with E-state index in [4.69, 9.17) is 10.3 Å². The third kappa shape index (κ3) is 1.63. The summed E-state index contributed by atoms with van der Waals surface area (Å²) in [5.74, 6) is -0.135. The molecule has 0 saturated carbocycles. The number of nitrogens with zero attached hydrogens (tertiary/aromatic N) is 4. The van der Waals surface area contributed by atoms with E-state index < -0.39 is 6.04 Å². The Morgan fingerprint density at radius 2 is 2.17 bits per heavy atom. The summed E-state index contributed by atoms with van der Waals surface area (Å²) in [7, 11) is 0. The zero-order valence-electron chi connectivity index (χ0n) is 9.64. The number of amides is 1. The van der Waals surface area contributed by atoms with Gasteiger partial charge in [0.15, 0.2) is 6.23 Å². The van der Waals surface area contributed by atoms with Gasteiger partial charge >= 0.3 is 0 Å². The Morgan fingerprint density at radius 1 is 1.39 bits per heavy atom. The van der Waals surface area contributed by atoms with E-state index in [-0.39, 0.29) is 18.2 Å². The average molecular weight is 244 g/mol. The first-order valence-electron chi connectivity index (χ1n) is 5.84. The lowest BCUT2D eigenvalue weighted by Crippen LogP contribution is -2.32. The molecule has 0 unspecified atom stereocenters. The van der Waals surface area contributed by atoms with Crippen LogP contribution in [0.3, 0.4) is 0 Å². The van der Waals surface area contributed by atoms with Crippen LogP contribution >= 0.6 is 0 Å². The number of hydrogen-bond donors (Lipinski definition) is 0. The van der Waals surface area contributed by atoms with Crippen molar-refractivity contribution in [3.8, 4) is 0 Å². The second-order valence-electron chi connectivity index (χ2n) is 4.45. The summed E-state index contributed by atoms with van der Waals surface area (Å²) in [6, 6.07) is 9.07. The highest BCUT2D eigenvalue weighted by Crippen LogP contribution is 2.38. The summed E-state index contributed by atoms with van der Waals surface area (Å²) in [6.07, 6.45) is 0.203. The fourth-order valence-corrected chi connectivity index (χ4v) is 2.60. The minimum Gasteiger partial charge on any atom is -0.352 e. The van der Waals surface area contributed by atoms with Crippen LogP contribution in [0.4, 0.5) is 0 Å². The molecular weight excluding hydrogens is 232 g/mol. The van der Waals surface area contributed by atoms with Gasteiger partial charge in [0, 0.05) is 10.5 Å². The second kappa shape index (κ2) is 4.33. The molecule has 0 aromatic heterocycles. The van der Waals surface area contributed by atoms with Gasteiger partial charge in [-0.1, -0.05) is 35.4 Å². The van der Waals surface area contributed by atoms with Crippen LogP contribution in [0.25, 0.3) is 10.4 Å². The van der Waals surface area contributed by atoms with Gasteiger partial charge in [0.2, 0.25) is 5.91 Å². The number of benzene rings is 1. The van der Waals surface area contributed by atoms with Gasteiger partial charge < -0.3 is 9.64 Å². The van der Waals surface area contributed by atoms with E-state index in [9.17, 15) is 4.79 Å². The van der Waals surface area contributed by atoms with Gasteiger partial charge in [0.05, 0.1) is 12.6 Å². The maximum Gasteiger partial charge on any atom is 0.234 e. The third-order valence-electron chi connectivity index (χ3n) is 3.40. The van der Waals surface area contributed by atoms with Crippen molar-refractivity contribution in [1.82, 2.24) is 4.90 Å². The van der Waals surface area contributed by atoms with E-state index in [0.29, 0.717) is 13.0 Å². The quantitative estimate of drug-likeness (QED) is 0.453. The standard InChI is InChI=1S/C12H12N4O2/c13-15-14-10-6-9-7-18-12(16(9)11(10)17)8-4-2-1-3-5-8/h1-5,9-10,12H,6-7H2/t9-,10+,12+/m0/s1. The van der Waals surface area contributed by atoms with Crippen LogP contribution in [0.15, 0.2) is 35.4 Å². The number of rotatable bonds is 2. The zero-order chi connectivity index (χ0) is 12.5. The van der Waals surface area contributed by atoms with Crippen molar-refractivity contribution in [2.45, 2.75) is 24.7 Å². The van der Waals surface area contributed by atoms with Gasteiger partial charge in [0.1, 0.15) is 6.04 Å². The maximum atomic E-state index is 12.1. The van der Waals surface area contributed by atoms with Crippen molar-refractivity contribution in [3.05, 3.63) is 46.3 Å². The normalized spacial score (nSPS) is 30.1. The Kier molecular flexibility index (Phi) is 2.66. The van der Waals surface area contributed by atoms with Gasteiger partial charge in [-0.05, 0) is 12.0 Å². The summed E-state index contributed by atoms with van der Waals surface area (Å²) in [6.45, 7) is 0.503. The van der Waals surface area contributed by atoms with E-state index >= 15 is 0 Å². The molecule has 2 heterocycles. The number of fused-ring (bicyclic) bond motifs is 1. The molecule has 0 bridgehead atoms. The third-order valence-corrected chi connectivity index (χ3v) is 3.40. The van der Waals surface area contributed by atoms with E-state index in [0.717, 1.165) is 5.56 Å². The molecule has 0 spiro atoms. The minimum atomic E-state index is -0.574. The zero-order valence-corrected chi connectivity index (χ0v) is 9.64. The van der Waals surface area contributed by atoms with Gasteiger partial charge in [-0.2, -0.15) is 0 Å². The molecule has 3 atom stereocenters. The van der Waals surface area contributed by atoms with Crippen molar-refractivity contribution in [2.24, 2.45) is 5.11 Å². The van der Waals surface area contributed by atoms with Gasteiger partial charge in [0.25, 0.3) is 0 Å². The van der Waals surface area contributed by atoms with Gasteiger partial charge in [-0.15, -0.1) is 0 Å². The lowest BCUT2D eigenvalue weighted by Gasteiger charge is -2.22. The minimum absolute atomic E-state index is 0.0261. The molecule has 1 aromatic carbocycles. The summed E-state index contributed by atoms with van der Waals surface area (Å²) in [5.41, 5.74) is 9.40. The molecule has 6 nitrogen and oxygen atoms in total. The fraction of sp³-hybridized carbons (Fsp3) is 0.417. The van der Waals surface area contributed by atoms with Crippen molar-refractivity contribution in [3.63, 3.8) is 0 Å². The van der Waals surface area contributed by atoms with Crippen molar-refractivity contribution < 1.29 is 9.53 Å². The molecule has 18 heavy (non-hydrogen) atoms. The molecule has 0 aliphatic carbocycles. The van der Waals surface area contributed by atoms with Crippen LogP contribution in [0.2, 0.25) is 0 Å². The number of carbonyl (C=O) groups excluding carboxylic acids is 1. The molecule has 2 aliphatic heterocycles. The summed E-state index contributed by atoms with van der Waals surface area (Å²) < 4.78 is 5.67. The number of azide groups is 1. The van der Waals surface area contributed by atoms with Crippen molar-refractivity contribution >= 4 is 5.91 Å². The largest absolute Gasteiger partial charge is 0.352 e. The molecule has 1 amide bonds. The van der Waals surface area contributed by atoms with E-state index in [1.165, 1.54) is 0 Å². The number of ether oxygens (including phenoxy) is 1. The second-order valence-corrected chi connectivity index (χ2v) is 4.45. The Balaban J connectivity index is 1.88. The predicted octanol–water partition coefficient (Wildman–Crippen LogP) is 2.00. The van der Waals surface area contributed by atoms with E-state index in [1.54, 1.807) is 4.90 Å². The highest BCUT2D eigenvalue weighted by atomic mass is 16.5. The highest BCUT2D eigenvalue weighted by molar-refractivity contribution is 5.85. The Labute approximate surface area is 104 Å². The first-order chi connectivity index (χ1) is 8.81. The highest BCUT2D eigenvalue weighted by Gasteiger charge is 2.47. The van der Waals surface area contributed by atoms with E-state index in [1.807, 2.05) is 30.3 Å². The molecule has 3 rings (SSSR count).